The van der Waals surface area contributed by atoms with Gasteiger partial charge in [0, 0.05) is 27.1 Å². The fourth-order valence-corrected chi connectivity index (χ4v) is 2.65. The Balaban J connectivity index is 2.42. The molecule has 1 aliphatic heterocycles. The molecule has 0 bridgehead atoms. The third-order valence-electron chi connectivity index (χ3n) is 2.56. The highest BCUT2D eigenvalue weighted by atomic mass is 32.2. The highest BCUT2D eigenvalue weighted by Crippen LogP contribution is 2.27. The molecule has 0 saturated carbocycles. The van der Waals surface area contributed by atoms with E-state index >= 15 is 0 Å². The molecule has 96 valence electrons. The summed E-state index contributed by atoms with van der Waals surface area (Å²) in [6.07, 6.45) is 2.25. The minimum absolute atomic E-state index is 0.0405. The molecule has 0 spiro atoms. The Morgan fingerprint density at radius 2 is 2.29 bits per heavy atom. The molecule has 17 heavy (non-hydrogen) atoms. The number of hydrogen-bond donors (Lipinski definition) is 1. The van der Waals surface area contributed by atoms with Gasteiger partial charge in [-0.2, -0.15) is 0 Å². The number of carbonyl (C=O) groups is 2. The summed E-state index contributed by atoms with van der Waals surface area (Å²) in [6, 6.07) is 0. The molecule has 1 aliphatic rings. The summed E-state index contributed by atoms with van der Waals surface area (Å²) in [5.41, 5.74) is 0. The van der Waals surface area contributed by atoms with Gasteiger partial charge in [-0.05, 0) is 6.42 Å². The van der Waals surface area contributed by atoms with Gasteiger partial charge in [0.1, 0.15) is 5.25 Å². The largest absolute Gasteiger partial charge is 0.356 e. The van der Waals surface area contributed by atoms with E-state index in [1.807, 2.05) is 0 Å². The van der Waals surface area contributed by atoms with E-state index < -0.39 is 0 Å². The maximum absolute atomic E-state index is 11.8. The molecule has 0 aromatic heterocycles. The van der Waals surface area contributed by atoms with E-state index in [0.717, 1.165) is 12.8 Å². The molecular weight excluding hydrogens is 238 g/mol. The van der Waals surface area contributed by atoms with Crippen LogP contribution in [0.2, 0.25) is 0 Å². The summed E-state index contributed by atoms with van der Waals surface area (Å²) in [4.78, 5) is 28.9. The van der Waals surface area contributed by atoms with Crippen LogP contribution in [-0.2, 0) is 9.59 Å². The van der Waals surface area contributed by atoms with Crippen molar-refractivity contribution in [1.29, 1.82) is 0 Å². The van der Waals surface area contributed by atoms with Gasteiger partial charge in [-0.15, -0.1) is 0 Å². The van der Waals surface area contributed by atoms with Crippen LogP contribution in [0.15, 0.2) is 4.99 Å². The van der Waals surface area contributed by atoms with Crippen molar-refractivity contribution in [2.24, 2.45) is 4.99 Å². The Labute approximate surface area is 106 Å². The van der Waals surface area contributed by atoms with Crippen LogP contribution in [0, 0.1) is 0 Å². The number of nitrogens with one attached hydrogen (secondary N) is 1. The maximum Gasteiger partial charge on any atom is 0.242 e. The number of rotatable bonds is 5. The second-order valence-electron chi connectivity index (χ2n) is 3.92. The summed E-state index contributed by atoms with van der Waals surface area (Å²) in [6.45, 7) is 2.76. The molecule has 1 N–H and O–H groups in total. The Kier molecular flexibility index (Phi) is 5.47. The Bertz CT molecular complexity index is 331. The summed E-state index contributed by atoms with van der Waals surface area (Å²) in [5, 5.41) is 3.18. The Morgan fingerprint density at radius 1 is 1.59 bits per heavy atom. The van der Waals surface area contributed by atoms with E-state index in [1.165, 1.54) is 16.7 Å². The molecule has 5 nitrogen and oxygen atoms in total. The average Bonchev–Trinajstić information content (AvgIpc) is 2.57. The molecule has 1 atom stereocenters. The fraction of sp³-hybridized carbons (Fsp3) is 0.727. The average molecular weight is 257 g/mol. The monoisotopic (exact) mass is 257 g/mol. The van der Waals surface area contributed by atoms with E-state index in [1.54, 1.807) is 14.1 Å². The highest BCUT2D eigenvalue weighted by Gasteiger charge is 2.36. The van der Waals surface area contributed by atoms with Crippen LogP contribution in [-0.4, -0.2) is 47.8 Å². The van der Waals surface area contributed by atoms with E-state index in [2.05, 4.69) is 17.2 Å². The van der Waals surface area contributed by atoms with Gasteiger partial charge in [0.2, 0.25) is 11.8 Å². The van der Waals surface area contributed by atoms with Crippen LogP contribution in [0.3, 0.4) is 0 Å². The van der Waals surface area contributed by atoms with E-state index in [9.17, 15) is 9.59 Å². The van der Waals surface area contributed by atoms with Crippen molar-refractivity contribution in [3.8, 4) is 0 Å². The molecule has 0 aromatic rings. The number of unbranched alkanes of at least 4 members (excludes halogenated alkanes) is 1. The zero-order chi connectivity index (χ0) is 12.8. The van der Waals surface area contributed by atoms with Crippen molar-refractivity contribution >= 4 is 28.7 Å². The molecular formula is C11H19N3O2S. The zero-order valence-corrected chi connectivity index (χ0v) is 11.3. The summed E-state index contributed by atoms with van der Waals surface area (Å²) < 4.78 is 0. The zero-order valence-electron chi connectivity index (χ0n) is 10.5. The standard InChI is InChI=1S/C11H19N3O2S/c1-4-5-6-13-9(15)7-8-10(16)14(3)11(12-2)17-8/h8H,4-7H2,1-3H3,(H,13,15). The molecule has 1 rings (SSSR count). The molecule has 0 radical (unpaired) electrons. The molecule has 2 amide bonds. The van der Waals surface area contributed by atoms with Gasteiger partial charge in [-0.25, -0.2) is 0 Å². The first-order chi connectivity index (χ1) is 8.10. The van der Waals surface area contributed by atoms with Crippen molar-refractivity contribution in [3.05, 3.63) is 0 Å². The third kappa shape index (κ3) is 3.73. The second-order valence-corrected chi connectivity index (χ2v) is 5.09. The first kappa shape index (κ1) is 14.0. The van der Waals surface area contributed by atoms with Gasteiger partial charge in [-0.3, -0.25) is 19.5 Å². The molecule has 6 heteroatoms. The highest BCUT2D eigenvalue weighted by molar-refractivity contribution is 8.15. The fourth-order valence-electron chi connectivity index (χ4n) is 1.54. The molecule has 0 aromatic carbocycles. The van der Waals surface area contributed by atoms with Crippen LogP contribution < -0.4 is 5.32 Å². The van der Waals surface area contributed by atoms with Crippen molar-refractivity contribution in [1.82, 2.24) is 10.2 Å². The van der Waals surface area contributed by atoms with Gasteiger partial charge < -0.3 is 5.32 Å². The molecule has 1 heterocycles. The first-order valence-corrected chi connectivity index (χ1v) is 6.65. The number of carbonyl (C=O) groups excluding carboxylic acids is 2. The van der Waals surface area contributed by atoms with Gasteiger partial charge in [0.25, 0.3) is 0 Å². The summed E-state index contributed by atoms with van der Waals surface area (Å²) >= 11 is 1.36. The van der Waals surface area contributed by atoms with Crippen LogP contribution in [0.1, 0.15) is 26.2 Å². The molecule has 1 unspecified atom stereocenters. The Morgan fingerprint density at radius 3 is 2.82 bits per heavy atom. The van der Waals surface area contributed by atoms with Crippen LogP contribution in [0.5, 0.6) is 0 Å². The van der Waals surface area contributed by atoms with Gasteiger partial charge in [0.05, 0.1) is 0 Å². The van der Waals surface area contributed by atoms with Crippen molar-refractivity contribution in [2.45, 2.75) is 31.4 Å². The number of aliphatic imine (C=N–C) groups is 1. The lowest BCUT2D eigenvalue weighted by Crippen LogP contribution is -2.32. The minimum atomic E-state index is -0.319. The second kappa shape index (κ2) is 6.64. The van der Waals surface area contributed by atoms with Gasteiger partial charge in [-0.1, -0.05) is 25.1 Å². The minimum Gasteiger partial charge on any atom is -0.356 e. The number of nitrogens with zero attached hydrogens (tertiary/aromatic N) is 2. The predicted molar refractivity (Wildman–Crippen MR) is 70.0 cm³/mol. The van der Waals surface area contributed by atoms with Crippen molar-refractivity contribution in [2.75, 3.05) is 20.6 Å². The Hall–Kier alpha value is -1.04. The SMILES string of the molecule is CCCCNC(=O)CC1SC(=NC)N(C)C1=O. The maximum atomic E-state index is 11.8. The number of amidine groups is 1. The van der Waals surface area contributed by atoms with Gasteiger partial charge in [0.15, 0.2) is 5.17 Å². The molecule has 1 saturated heterocycles. The topological polar surface area (TPSA) is 61.8 Å². The summed E-state index contributed by atoms with van der Waals surface area (Å²) in [7, 11) is 3.34. The smallest absolute Gasteiger partial charge is 0.242 e. The molecule has 0 aliphatic carbocycles. The lowest BCUT2D eigenvalue weighted by atomic mass is 10.2. The first-order valence-electron chi connectivity index (χ1n) is 5.77. The number of hydrogen-bond acceptors (Lipinski definition) is 4. The third-order valence-corrected chi connectivity index (χ3v) is 3.88. The normalized spacial score (nSPS) is 22.3. The van der Waals surface area contributed by atoms with Crippen molar-refractivity contribution in [3.63, 3.8) is 0 Å². The number of amides is 2. The number of thioether (sulfide) groups is 1. The van der Waals surface area contributed by atoms with Crippen LogP contribution in [0.4, 0.5) is 0 Å². The van der Waals surface area contributed by atoms with Crippen LogP contribution >= 0.6 is 11.8 Å². The molecule has 1 fully saturated rings. The summed E-state index contributed by atoms with van der Waals surface area (Å²) in [5.74, 6) is -0.101. The van der Waals surface area contributed by atoms with Gasteiger partial charge >= 0.3 is 0 Å². The predicted octanol–water partition coefficient (Wildman–Crippen LogP) is 0.852. The van der Waals surface area contributed by atoms with Crippen molar-refractivity contribution < 1.29 is 9.59 Å². The van der Waals surface area contributed by atoms with E-state index in [-0.39, 0.29) is 23.5 Å². The lowest BCUT2D eigenvalue weighted by Gasteiger charge is -2.08. The quantitative estimate of drug-likeness (QED) is 0.743. The van der Waals surface area contributed by atoms with Crippen LogP contribution in [0.25, 0.3) is 0 Å². The van der Waals surface area contributed by atoms with E-state index in [4.69, 9.17) is 0 Å². The van der Waals surface area contributed by atoms with E-state index in [0.29, 0.717) is 11.7 Å². The lowest BCUT2D eigenvalue weighted by molar-refractivity contribution is -0.128.